The number of hydrogen-bond acceptors (Lipinski definition) is 3. The van der Waals surface area contributed by atoms with Crippen LogP contribution < -0.4 is 11.1 Å². The summed E-state index contributed by atoms with van der Waals surface area (Å²) >= 11 is 0. The molecule has 7 heteroatoms. The van der Waals surface area contributed by atoms with Gasteiger partial charge in [-0.2, -0.15) is 0 Å². The van der Waals surface area contributed by atoms with Gasteiger partial charge >= 0.3 is 12.0 Å². The molecule has 112 valence electrons. The molecule has 2 rings (SSSR count). The van der Waals surface area contributed by atoms with Gasteiger partial charge in [0.05, 0.1) is 16.6 Å². The Labute approximate surface area is 121 Å². The van der Waals surface area contributed by atoms with E-state index in [-0.39, 0.29) is 11.5 Å². The number of nitrogens with zero attached hydrogens (tertiary/aromatic N) is 2. The first kappa shape index (κ1) is 14.8. The van der Waals surface area contributed by atoms with Crippen molar-refractivity contribution in [3.05, 3.63) is 29.6 Å². The van der Waals surface area contributed by atoms with E-state index < -0.39 is 12.0 Å². The van der Waals surface area contributed by atoms with Crippen molar-refractivity contribution < 1.29 is 14.7 Å². The minimum absolute atomic E-state index is 0.132. The Morgan fingerprint density at radius 3 is 2.71 bits per heavy atom. The summed E-state index contributed by atoms with van der Waals surface area (Å²) < 4.78 is 1.83. The van der Waals surface area contributed by atoms with E-state index in [1.54, 1.807) is 18.2 Å². The van der Waals surface area contributed by atoms with Gasteiger partial charge in [0.25, 0.3) is 0 Å². The molecule has 4 N–H and O–H groups in total. The highest BCUT2D eigenvalue weighted by Gasteiger charge is 2.19. The number of carboxylic acid groups (broad SMARTS) is 1. The molecule has 1 heterocycles. The van der Waals surface area contributed by atoms with Gasteiger partial charge in [-0.05, 0) is 12.1 Å². The standard InChI is InChI=1S/C14H18N4O3/c1-8(2)12-17-10-5-3-4-9(13(19)20)11(10)18(12)7-6-16-14(15)21/h3-5,8H,6-7H2,1-2H3,(H,19,20)(H3,15,16,21). The summed E-state index contributed by atoms with van der Waals surface area (Å²) in [6.07, 6.45) is 0. The Morgan fingerprint density at radius 1 is 1.43 bits per heavy atom. The number of carboxylic acids is 1. The fourth-order valence-electron chi connectivity index (χ4n) is 2.33. The van der Waals surface area contributed by atoms with Gasteiger partial charge in [-0.3, -0.25) is 0 Å². The average molecular weight is 290 g/mol. The topological polar surface area (TPSA) is 110 Å². The van der Waals surface area contributed by atoms with E-state index in [0.29, 0.717) is 24.1 Å². The highest BCUT2D eigenvalue weighted by Crippen LogP contribution is 2.24. The number of carbonyl (C=O) groups excluding carboxylic acids is 1. The predicted octanol–water partition coefficient (Wildman–Crippen LogP) is 1.53. The smallest absolute Gasteiger partial charge is 0.337 e. The maximum absolute atomic E-state index is 11.4. The lowest BCUT2D eigenvalue weighted by atomic mass is 10.2. The Balaban J connectivity index is 2.54. The Bertz CT molecular complexity index is 691. The highest BCUT2D eigenvalue weighted by molar-refractivity contribution is 6.01. The maximum atomic E-state index is 11.4. The van der Waals surface area contributed by atoms with Crippen molar-refractivity contribution in [1.82, 2.24) is 14.9 Å². The molecule has 0 unspecified atom stereocenters. The van der Waals surface area contributed by atoms with Crippen molar-refractivity contribution in [1.29, 1.82) is 0 Å². The summed E-state index contributed by atoms with van der Waals surface area (Å²) in [7, 11) is 0. The Kier molecular flexibility index (Phi) is 4.11. The van der Waals surface area contributed by atoms with Gasteiger partial charge < -0.3 is 20.7 Å². The zero-order valence-corrected chi connectivity index (χ0v) is 12.0. The van der Waals surface area contributed by atoms with E-state index in [1.807, 2.05) is 18.4 Å². The molecule has 2 amide bonds. The van der Waals surface area contributed by atoms with Crippen LogP contribution in [0.15, 0.2) is 18.2 Å². The largest absolute Gasteiger partial charge is 0.478 e. The Morgan fingerprint density at radius 2 is 2.14 bits per heavy atom. The van der Waals surface area contributed by atoms with Crippen molar-refractivity contribution >= 4 is 23.0 Å². The number of carbonyl (C=O) groups is 2. The van der Waals surface area contributed by atoms with Gasteiger partial charge in [0, 0.05) is 19.0 Å². The van der Waals surface area contributed by atoms with Crippen LogP contribution in [0.25, 0.3) is 11.0 Å². The van der Waals surface area contributed by atoms with E-state index in [2.05, 4.69) is 10.3 Å². The first-order valence-corrected chi connectivity index (χ1v) is 6.67. The third-order valence-electron chi connectivity index (χ3n) is 3.18. The molecule has 0 aliphatic rings. The van der Waals surface area contributed by atoms with Gasteiger partial charge in [-0.15, -0.1) is 0 Å². The molecule has 0 spiro atoms. The van der Waals surface area contributed by atoms with Crippen molar-refractivity contribution in [2.45, 2.75) is 26.3 Å². The van der Waals surface area contributed by atoms with E-state index in [4.69, 9.17) is 5.73 Å². The second-order valence-electron chi connectivity index (χ2n) is 5.05. The third kappa shape index (κ3) is 2.96. The summed E-state index contributed by atoms with van der Waals surface area (Å²) in [4.78, 5) is 26.7. The van der Waals surface area contributed by atoms with Gasteiger partial charge in [0.2, 0.25) is 0 Å². The number of rotatable bonds is 5. The average Bonchev–Trinajstić information content (AvgIpc) is 2.77. The molecule has 2 aromatic rings. The second kappa shape index (κ2) is 5.82. The van der Waals surface area contributed by atoms with E-state index in [9.17, 15) is 14.7 Å². The minimum atomic E-state index is -1.00. The fourth-order valence-corrected chi connectivity index (χ4v) is 2.33. The summed E-state index contributed by atoms with van der Waals surface area (Å²) in [5.74, 6) is -0.0856. The van der Waals surface area contributed by atoms with Crippen molar-refractivity contribution in [2.24, 2.45) is 5.73 Å². The van der Waals surface area contributed by atoms with Gasteiger partial charge in [-0.25, -0.2) is 14.6 Å². The van der Waals surface area contributed by atoms with E-state index in [1.165, 1.54) is 0 Å². The molecule has 0 aliphatic carbocycles. The van der Waals surface area contributed by atoms with Crippen molar-refractivity contribution in [3.63, 3.8) is 0 Å². The number of primary amides is 1. The molecule has 1 aromatic heterocycles. The van der Waals surface area contributed by atoms with Gasteiger partial charge in [0.1, 0.15) is 5.82 Å². The first-order chi connectivity index (χ1) is 9.91. The number of aromatic carboxylic acids is 1. The molecular formula is C14H18N4O3. The van der Waals surface area contributed by atoms with E-state index >= 15 is 0 Å². The number of para-hydroxylation sites is 1. The molecule has 7 nitrogen and oxygen atoms in total. The van der Waals surface area contributed by atoms with Crippen LogP contribution in [0.2, 0.25) is 0 Å². The summed E-state index contributed by atoms with van der Waals surface area (Å²) in [5, 5.41) is 11.8. The lowest BCUT2D eigenvalue weighted by molar-refractivity contribution is 0.0698. The van der Waals surface area contributed by atoms with Crippen LogP contribution >= 0.6 is 0 Å². The van der Waals surface area contributed by atoms with Gasteiger partial charge in [-0.1, -0.05) is 19.9 Å². The van der Waals surface area contributed by atoms with Crippen LogP contribution in [0, 0.1) is 0 Å². The number of aromatic nitrogens is 2. The zero-order valence-electron chi connectivity index (χ0n) is 12.0. The number of nitrogens with two attached hydrogens (primary N) is 1. The first-order valence-electron chi connectivity index (χ1n) is 6.67. The molecule has 21 heavy (non-hydrogen) atoms. The van der Waals surface area contributed by atoms with Gasteiger partial charge in [0.15, 0.2) is 0 Å². The third-order valence-corrected chi connectivity index (χ3v) is 3.18. The van der Waals surface area contributed by atoms with Crippen molar-refractivity contribution in [3.8, 4) is 0 Å². The molecule has 0 saturated carbocycles. The van der Waals surface area contributed by atoms with E-state index in [0.717, 1.165) is 5.82 Å². The van der Waals surface area contributed by atoms with Crippen molar-refractivity contribution in [2.75, 3.05) is 6.54 Å². The van der Waals surface area contributed by atoms with Crippen LogP contribution in [0.5, 0.6) is 0 Å². The molecule has 0 fully saturated rings. The molecule has 0 aliphatic heterocycles. The quantitative estimate of drug-likeness (QED) is 0.775. The monoisotopic (exact) mass is 290 g/mol. The SMILES string of the molecule is CC(C)c1nc2cccc(C(=O)O)c2n1CCNC(N)=O. The molecule has 0 saturated heterocycles. The lowest BCUT2D eigenvalue weighted by Gasteiger charge is -2.12. The van der Waals surface area contributed by atoms with Crippen LogP contribution in [0.1, 0.15) is 35.9 Å². The molecule has 0 bridgehead atoms. The maximum Gasteiger partial charge on any atom is 0.337 e. The summed E-state index contributed by atoms with van der Waals surface area (Å²) in [5.41, 5.74) is 6.46. The number of fused-ring (bicyclic) bond motifs is 1. The molecular weight excluding hydrogens is 272 g/mol. The Hall–Kier alpha value is -2.57. The molecule has 0 radical (unpaired) electrons. The van der Waals surface area contributed by atoms with Crippen LogP contribution in [0.4, 0.5) is 4.79 Å². The minimum Gasteiger partial charge on any atom is -0.478 e. The summed E-state index contributed by atoms with van der Waals surface area (Å²) in [6.45, 7) is 4.70. The van der Waals surface area contributed by atoms with Crippen LogP contribution in [-0.2, 0) is 6.54 Å². The molecule has 0 atom stereocenters. The zero-order chi connectivity index (χ0) is 15.6. The number of urea groups is 1. The fraction of sp³-hybridized carbons (Fsp3) is 0.357. The van der Waals surface area contributed by atoms with Crippen LogP contribution in [0.3, 0.4) is 0 Å². The second-order valence-corrected chi connectivity index (χ2v) is 5.05. The number of imidazole rings is 1. The predicted molar refractivity (Wildman–Crippen MR) is 78.4 cm³/mol. The van der Waals surface area contributed by atoms with Crippen LogP contribution in [-0.4, -0.2) is 33.2 Å². The summed E-state index contributed by atoms with van der Waals surface area (Å²) in [6, 6.07) is 4.40. The number of hydrogen-bond donors (Lipinski definition) is 3. The molecule has 1 aromatic carbocycles. The number of nitrogens with one attached hydrogen (secondary N) is 1. The number of amides is 2. The highest BCUT2D eigenvalue weighted by atomic mass is 16.4. The number of benzene rings is 1. The normalized spacial score (nSPS) is 11.0. The lowest BCUT2D eigenvalue weighted by Crippen LogP contribution is -2.32.